The van der Waals surface area contributed by atoms with Gasteiger partial charge in [-0.1, -0.05) is 44.0 Å². The summed E-state index contributed by atoms with van der Waals surface area (Å²) in [5, 5.41) is 0. The molecule has 2 aromatic carbocycles. The SMILES string of the molecule is C#Cc1ccc2c(c1)Oc1ccccc1C2(C)C. The molecule has 1 nitrogen and oxygen atoms in total. The topological polar surface area (TPSA) is 9.23 Å². The van der Waals surface area contributed by atoms with Crippen molar-refractivity contribution in [2.45, 2.75) is 19.3 Å². The average Bonchev–Trinajstić information content (AvgIpc) is 2.38. The molecule has 88 valence electrons. The Kier molecular flexibility index (Phi) is 2.21. The quantitative estimate of drug-likeness (QED) is 0.623. The standard InChI is InChI=1S/C17H14O/c1-4-12-9-10-14-16(11-12)18-15-8-6-5-7-13(15)17(14,2)3/h1,5-11H,2-3H3. The zero-order valence-electron chi connectivity index (χ0n) is 10.5. The fourth-order valence-electron chi connectivity index (χ4n) is 2.55. The number of rotatable bonds is 0. The van der Waals surface area contributed by atoms with Gasteiger partial charge in [0.1, 0.15) is 11.5 Å². The van der Waals surface area contributed by atoms with Crippen LogP contribution in [0.5, 0.6) is 11.5 Å². The van der Waals surface area contributed by atoms with E-state index in [0.29, 0.717) is 0 Å². The Balaban J connectivity index is 2.25. The van der Waals surface area contributed by atoms with Crippen LogP contribution in [0.3, 0.4) is 0 Å². The van der Waals surface area contributed by atoms with E-state index in [-0.39, 0.29) is 5.41 Å². The fourth-order valence-corrected chi connectivity index (χ4v) is 2.55. The van der Waals surface area contributed by atoms with Crippen LogP contribution >= 0.6 is 0 Å². The van der Waals surface area contributed by atoms with Gasteiger partial charge in [0.2, 0.25) is 0 Å². The summed E-state index contributed by atoms with van der Waals surface area (Å²) < 4.78 is 5.96. The first-order chi connectivity index (χ1) is 8.63. The van der Waals surface area contributed by atoms with Crippen molar-refractivity contribution in [1.29, 1.82) is 0 Å². The molecule has 0 bridgehead atoms. The number of fused-ring (bicyclic) bond motifs is 2. The lowest BCUT2D eigenvalue weighted by Gasteiger charge is -2.34. The molecule has 1 aliphatic rings. The van der Waals surface area contributed by atoms with Crippen LogP contribution in [0, 0.1) is 12.3 Å². The van der Waals surface area contributed by atoms with E-state index in [9.17, 15) is 0 Å². The Labute approximate surface area is 107 Å². The number of benzene rings is 2. The van der Waals surface area contributed by atoms with Crippen molar-refractivity contribution in [2.24, 2.45) is 0 Å². The molecule has 18 heavy (non-hydrogen) atoms. The van der Waals surface area contributed by atoms with Crippen LogP contribution in [-0.2, 0) is 5.41 Å². The summed E-state index contributed by atoms with van der Waals surface area (Å²) in [6.07, 6.45) is 5.44. The predicted octanol–water partition coefficient (Wildman–Crippen LogP) is 4.10. The zero-order chi connectivity index (χ0) is 12.8. The molecule has 2 aromatic rings. The minimum absolute atomic E-state index is 0.0582. The smallest absolute Gasteiger partial charge is 0.132 e. The summed E-state index contributed by atoms with van der Waals surface area (Å²) in [6, 6.07) is 14.1. The number of para-hydroxylation sites is 1. The molecule has 0 saturated carbocycles. The maximum absolute atomic E-state index is 5.96. The Morgan fingerprint density at radius 3 is 2.50 bits per heavy atom. The summed E-state index contributed by atoms with van der Waals surface area (Å²) in [6.45, 7) is 4.42. The third-order valence-corrected chi connectivity index (χ3v) is 3.60. The Morgan fingerprint density at radius 2 is 1.72 bits per heavy atom. The van der Waals surface area contributed by atoms with Crippen molar-refractivity contribution in [1.82, 2.24) is 0 Å². The van der Waals surface area contributed by atoms with Crippen LogP contribution in [0.4, 0.5) is 0 Å². The van der Waals surface area contributed by atoms with Crippen LogP contribution < -0.4 is 4.74 Å². The summed E-state index contributed by atoms with van der Waals surface area (Å²) in [4.78, 5) is 0. The molecule has 0 aromatic heterocycles. The van der Waals surface area contributed by atoms with E-state index in [2.05, 4.69) is 31.9 Å². The second-order valence-corrected chi connectivity index (χ2v) is 5.08. The molecule has 0 fully saturated rings. The molecule has 0 radical (unpaired) electrons. The molecule has 0 aliphatic carbocycles. The lowest BCUT2D eigenvalue weighted by Crippen LogP contribution is -2.24. The highest BCUT2D eigenvalue weighted by molar-refractivity contribution is 5.58. The molecule has 1 aliphatic heterocycles. The van der Waals surface area contributed by atoms with Crippen LogP contribution in [0.1, 0.15) is 30.5 Å². The lowest BCUT2D eigenvalue weighted by atomic mass is 9.75. The lowest BCUT2D eigenvalue weighted by molar-refractivity contribution is 0.418. The Bertz CT molecular complexity index is 660. The number of hydrogen-bond donors (Lipinski definition) is 0. The molecular weight excluding hydrogens is 220 g/mol. The first-order valence-corrected chi connectivity index (χ1v) is 6.01. The maximum Gasteiger partial charge on any atom is 0.132 e. The third-order valence-electron chi connectivity index (χ3n) is 3.60. The monoisotopic (exact) mass is 234 g/mol. The van der Waals surface area contributed by atoms with Crippen molar-refractivity contribution < 1.29 is 4.74 Å². The van der Waals surface area contributed by atoms with Gasteiger partial charge < -0.3 is 4.74 Å². The van der Waals surface area contributed by atoms with Crippen molar-refractivity contribution in [2.75, 3.05) is 0 Å². The average molecular weight is 234 g/mol. The molecule has 1 heterocycles. The highest BCUT2D eigenvalue weighted by Crippen LogP contribution is 2.47. The normalized spacial score (nSPS) is 14.9. The molecule has 1 heteroatoms. The first kappa shape index (κ1) is 10.9. The van der Waals surface area contributed by atoms with E-state index < -0.39 is 0 Å². The van der Waals surface area contributed by atoms with E-state index in [4.69, 9.17) is 11.2 Å². The molecular formula is C17H14O. The molecule has 3 rings (SSSR count). The molecule has 0 unspecified atom stereocenters. The van der Waals surface area contributed by atoms with E-state index in [1.54, 1.807) is 0 Å². The van der Waals surface area contributed by atoms with Gasteiger partial charge in [0.15, 0.2) is 0 Å². The van der Waals surface area contributed by atoms with Crippen molar-refractivity contribution in [3.8, 4) is 23.8 Å². The van der Waals surface area contributed by atoms with Crippen LogP contribution in [0.2, 0.25) is 0 Å². The highest BCUT2D eigenvalue weighted by atomic mass is 16.5. The van der Waals surface area contributed by atoms with Gasteiger partial charge in [0.05, 0.1) is 0 Å². The van der Waals surface area contributed by atoms with Crippen LogP contribution in [0.25, 0.3) is 0 Å². The van der Waals surface area contributed by atoms with Gasteiger partial charge in [-0.15, -0.1) is 6.42 Å². The summed E-state index contributed by atoms with van der Waals surface area (Å²) in [5.74, 6) is 4.44. The number of terminal acetylenes is 1. The highest BCUT2D eigenvalue weighted by Gasteiger charge is 2.33. The van der Waals surface area contributed by atoms with Gasteiger partial charge in [0.25, 0.3) is 0 Å². The van der Waals surface area contributed by atoms with Crippen molar-refractivity contribution >= 4 is 0 Å². The van der Waals surface area contributed by atoms with E-state index in [1.807, 2.05) is 30.3 Å². The minimum atomic E-state index is -0.0582. The van der Waals surface area contributed by atoms with Gasteiger partial charge in [-0.2, -0.15) is 0 Å². The van der Waals surface area contributed by atoms with Gasteiger partial charge in [-0.3, -0.25) is 0 Å². The largest absolute Gasteiger partial charge is 0.457 e. The maximum atomic E-state index is 5.96. The van der Waals surface area contributed by atoms with Crippen LogP contribution in [-0.4, -0.2) is 0 Å². The predicted molar refractivity (Wildman–Crippen MR) is 73.0 cm³/mol. The first-order valence-electron chi connectivity index (χ1n) is 6.01. The minimum Gasteiger partial charge on any atom is -0.457 e. The molecule has 0 amide bonds. The fraction of sp³-hybridized carbons (Fsp3) is 0.176. The molecule has 0 atom stereocenters. The number of hydrogen-bond acceptors (Lipinski definition) is 1. The molecule has 0 saturated heterocycles. The second kappa shape index (κ2) is 3.65. The third kappa shape index (κ3) is 1.43. The van der Waals surface area contributed by atoms with E-state index in [0.717, 1.165) is 17.1 Å². The summed E-state index contributed by atoms with van der Waals surface area (Å²) in [7, 11) is 0. The van der Waals surface area contributed by atoms with Gasteiger partial charge in [-0.25, -0.2) is 0 Å². The summed E-state index contributed by atoms with van der Waals surface area (Å²) in [5.41, 5.74) is 3.19. The Hall–Kier alpha value is -2.20. The molecule has 0 N–H and O–H groups in total. The van der Waals surface area contributed by atoms with Crippen molar-refractivity contribution in [3.63, 3.8) is 0 Å². The summed E-state index contributed by atoms with van der Waals surface area (Å²) >= 11 is 0. The second-order valence-electron chi connectivity index (χ2n) is 5.08. The van der Waals surface area contributed by atoms with E-state index in [1.165, 1.54) is 11.1 Å². The van der Waals surface area contributed by atoms with Crippen LogP contribution in [0.15, 0.2) is 42.5 Å². The van der Waals surface area contributed by atoms with Gasteiger partial charge in [-0.05, 0) is 18.2 Å². The van der Waals surface area contributed by atoms with Crippen molar-refractivity contribution in [3.05, 3.63) is 59.2 Å². The Morgan fingerprint density at radius 1 is 1.00 bits per heavy atom. The van der Waals surface area contributed by atoms with Gasteiger partial charge in [0, 0.05) is 22.1 Å². The zero-order valence-corrected chi connectivity index (χ0v) is 10.5. The molecule has 0 spiro atoms. The number of ether oxygens (including phenoxy) is 1. The van der Waals surface area contributed by atoms with E-state index >= 15 is 0 Å². The van der Waals surface area contributed by atoms with Gasteiger partial charge >= 0.3 is 0 Å².